The molecule has 1 N–H and O–H groups in total. The zero-order chi connectivity index (χ0) is 12.0. The predicted molar refractivity (Wildman–Crippen MR) is 67.3 cm³/mol. The molecule has 2 unspecified atom stereocenters. The lowest BCUT2D eigenvalue weighted by Gasteiger charge is -2.29. The maximum absolute atomic E-state index is 5.36. The molecule has 92 valence electrons. The van der Waals surface area contributed by atoms with Crippen molar-refractivity contribution in [3.63, 3.8) is 0 Å². The third-order valence-corrected chi connectivity index (χ3v) is 3.22. The minimum atomic E-state index is 0.546. The fourth-order valence-electron chi connectivity index (χ4n) is 1.77. The van der Waals surface area contributed by atoms with Gasteiger partial charge in [-0.2, -0.15) is 0 Å². The summed E-state index contributed by atoms with van der Waals surface area (Å²) in [6.07, 6.45) is 1.73. The van der Waals surface area contributed by atoms with E-state index in [0.717, 1.165) is 25.4 Å². The Hall–Kier alpha value is -0.800. The van der Waals surface area contributed by atoms with Gasteiger partial charge >= 0.3 is 0 Å². The van der Waals surface area contributed by atoms with Gasteiger partial charge in [-0.1, -0.05) is 13.8 Å². The van der Waals surface area contributed by atoms with Crippen molar-refractivity contribution in [3.05, 3.63) is 24.2 Å². The summed E-state index contributed by atoms with van der Waals surface area (Å²) in [5.41, 5.74) is 0. The molecule has 0 saturated carbocycles. The van der Waals surface area contributed by atoms with Crippen molar-refractivity contribution in [2.24, 2.45) is 5.92 Å². The summed E-state index contributed by atoms with van der Waals surface area (Å²) in [6, 6.07) is 4.51. The van der Waals surface area contributed by atoms with Gasteiger partial charge in [0.2, 0.25) is 0 Å². The summed E-state index contributed by atoms with van der Waals surface area (Å²) in [6.45, 7) is 9.69. The highest BCUT2D eigenvalue weighted by atomic mass is 16.3. The molecule has 0 saturated heterocycles. The Kier molecular flexibility index (Phi) is 5.56. The second-order valence-corrected chi connectivity index (χ2v) is 4.52. The molecule has 0 aromatic carbocycles. The van der Waals surface area contributed by atoms with E-state index in [1.54, 1.807) is 6.26 Å². The molecular weight excluding hydrogens is 200 g/mol. The van der Waals surface area contributed by atoms with Crippen molar-refractivity contribution in [1.29, 1.82) is 0 Å². The molecule has 0 bridgehead atoms. The Labute approximate surface area is 98.8 Å². The molecule has 2 atom stereocenters. The number of rotatable bonds is 7. The molecule has 0 radical (unpaired) electrons. The van der Waals surface area contributed by atoms with E-state index in [4.69, 9.17) is 4.42 Å². The molecule has 1 heterocycles. The van der Waals surface area contributed by atoms with Crippen LogP contribution in [-0.4, -0.2) is 31.1 Å². The monoisotopic (exact) mass is 224 g/mol. The normalized spacial score (nSPS) is 15.3. The van der Waals surface area contributed by atoms with Gasteiger partial charge in [-0.25, -0.2) is 0 Å². The van der Waals surface area contributed by atoms with Crippen molar-refractivity contribution < 1.29 is 4.42 Å². The van der Waals surface area contributed by atoms with E-state index in [1.807, 2.05) is 12.1 Å². The molecule has 0 aliphatic carbocycles. The lowest BCUT2D eigenvalue weighted by molar-refractivity contribution is 0.177. The minimum Gasteiger partial charge on any atom is -0.468 e. The molecule has 3 heteroatoms. The van der Waals surface area contributed by atoms with Gasteiger partial charge in [0.15, 0.2) is 0 Å². The highest BCUT2D eigenvalue weighted by molar-refractivity contribution is 4.98. The summed E-state index contributed by atoms with van der Waals surface area (Å²) in [5, 5.41) is 3.39. The fourth-order valence-corrected chi connectivity index (χ4v) is 1.77. The first-order chi connectivity index (χ1) is 7.65. The molecular formula is C13H24N2O. The van der Waals surface area contributed by atoms with E-state index >= 15 is 0 Å². The van der Waals surface area contributed by atoms with Gasteiger partial charge in [0.25, 0.3) is 0 Å². The summed E-state index contributed by atoms with van der Waals surface area (Å²) >= 11 is 0. The third-order valence-electron chi connectivity index (χ3n) is 3.22. The zero-order valence-electron chi connectivity index (χ0n) is 10.9. The van der Waals surface area contributed by atoms with Crippen LogP contribution in [0.15, 0.2) is 22.8 Å². The van der Waals surface area contributed by atoms with Crippen molar-refractivity contribution >= 4 is 0 Å². The Morgan fingerprint density at radius 2 is 2.19 bits per heavy atom. The first-order valence-electron chi connectivity index (χ1n) is 6.08. The Morgan fingerprint density at radius 1 is 1.44 bits per heavy atom. The van der Waals surface area contributed by atoms with Crippen LogP contribution in [-0.2, 0) is 6.54 Å². The van der Waals surface area contributed by atoms with Crippen LogP contribution in [0, 0.1) is 5.92 Å². The molecule has 1 aromatic rings. The van der Waals surface area contributed by atoms with Gasteiger partial charge in [0.1, 0.15) is 5.76 Å². The SMILES string of the molecule is CCNCC(C)C(C)N(C)Cc1ccco1. The Morgan fingerprint density at radius 3 is 2.75 bits per heavy atom. The predicted octanol–water partition coefficient (Wildman–Crippen LogP) is 2.35. The minimum absolute atomic E-state index is 0.546. The summed E-state index contributed by atoms with van der Waals surface area (Å²) < 4.78 is 5.36. The smallest absolute Gasteiger partial charge is 0.117 e. The third kappa shape index (κ3) is 3.99. The van der Waals surface area contributed by atoms with Gasteiger partial charge < -0.3 is 9.73 Å². The first-order valence-corrected chi connectivity index (χ1v) is 6.08. The molecule has 0 amide bonds. The maximum atomic E-state index is 5.36. The Bertz CT molecular complexity index is 271. The standard InChI is InChI=1S/C13H24N2O/c1-5-14-9-11(2)12(3)15(4)10-13-7-6-8-16-13/h6-8,11-12,14H,5,9-10H2,1-4H3. The lowest BCUT2D eigenvalue weighted by Crippen LogP contribution is -2.38. The lowest BCUT2D eigenvalue weighted by atomic mass is 10.0. The van der Waals surface area contributed by atoms with Gasteiger partial charge in [-0.15, -0.1) is 0 Å². The maximum Gasteiger partial charge on any atom is 0.117 e. The molecule has 0 aliphatic heterocycles. The summed E-state index contributed by atoms with van der Waals surface area (Å²) in [5.74, 6) is 1.67. The van der Waals surface area contributed by atoms with E-state index in [2.05, 4.69) is 38.0 Å². The van der Waals surface area contributed by atoms with Gasteiger partial charge in [-0.05, 0) is 45.1 Å². The van der Waals surface area contributed by atoms with Crippen LogP contribution >= 0.6 is 0 Å². The molecule has 0 fully saturated rings. The largest absolute Gasteiger partial charge is 0.468 e. The molecule has 1 aromatic heterocycles. The van der Waals surface area contributed by atoms with E-state index in [0.29, 0.717) is 12.0 Å². The highest BCUT2D eigenvalue weighted by Gasteiger charge is 2.17. The van der Waals surface area contributed by atoms with Gasteiger partial charge in [0, 0.05) is 6.04 Å². The van der Waals surface area contributed by atoms with Crippen LogP contribution in [0.2, 0.25) is 0 Å². The van der Waals surface area contributed by atoms with Crippen molar-refractivity contribution in [2.75, 3.05) is 20.1 Å². The molecule has 16 heavy (non-hydrogen) atoms. The number of nitrogens with one attached hydrogen (secondary N) is 1. The van der Waals surface area contributed by atoms with E-state index in [9.17, 15) is 0 Å². The van der Waals surface area contributed by atoms with Crippen molar-refractivity contribution in [3.8, 4) is 0 Å². The van der Waals surface area contributed by atoms with Crippen molar-refractivity contribution in [2.45, 2.75) is 33.4 Å². The number of hydrogen-bond donors (Lipinski definition) is 1. The molecule has 3 nitrogen and oxygen atoms in total. The summed E-state index contributed by atoms with van der Waals surface area (Å²) in [4.78, 5) is 2.33. The first kappa shape index (κ1) is 13.3. The number of nitrogens with zero attached hydrogens (tertiary/aromatic N) is 1. The number of hydrogen-bond acceptors (Lipinski definition) is 3. The van der Waals surface area contributed by atoms with Crippen LogP contribution in [0.1, 0.15) is 26.5 Å². The van der Waals surface area contributed by atoms with Gasteiger partial charge in [0.05, 0.1) is 12.8 Å². The van der Waals surface area contributed by atoms with Crippen LogP contribution in [0.3, 0.4) is 0 Å². The average Bonchev–Trinajstić information content (AvgIpc) is 2.77. The highest BCUT2D eigenvalue weighted by Crippen LogP contribution is 2.12. The van der Waals surface area contributed by atoms with E-state index < -0.39 is 0 Å². The van der Waals surface area contributed by atoms with E-state index in [1.165, 1.54) is 0 Å². The van der Waals surface area contributed by atoms with Crippen LogP contribution < -0.4 is 5.32 Å². The quantitative estimate of drug-likeness (QED) is 0.770. The summed E-state index contributed by atoms with van der Waals surface area (Å²) in [7, 11) is 2.15. The van der Waals surface area contributed by atoms with Crippen molar-refractivity contribution in [1.82, 2.24) is 10.2 Å². The topological polar surface area (TPSA) is 28.4 Å². The Balaban J connectivity index is 2.37. The molecule has 1 rings (SSSR count). The van der Waals surface area contributed by atoms with Gasteiger partial charge in [-0.3, -0.25) is 4.90 Å². The fraction of sp³-hybridized carbons (Fsp3) is 0.692. The molecule has 0 spiro atoms. The van der Waals surface area contributed by atoms with Crippen LogP contribution in [0.4, 0.5) is 0 Å². The van der Waals surface area contributed by atoms with Crippen LogP contribution in [0.5, 0.6) is 0 Å². The second-order valence-electron chi connectivity index (χ2n) is 4.52. The van der Waals surface area contributed by atoms with Crippen LogP contribution in [0.25, 0.3) is 0 Å². The second kappa shape index (κ2) is 6.71. The zero-order valence-corrected chi connectivity index (χ0v) is 10.9. The number of furan rings is 1. The average molecular weight is 224 g/mol. The van der Waals surface area contributed by atoms with E-state index in [-0.39, 0.29) is 0 Å². The molecule has 0 aliphatic rings.